The van der Waals surface area contributed by atoms with Crippen LogP contribution in [-0.4, -0.2) is 44.6 Å². The average molecular weight is 599 g/mol. The molecule has 2 aromatic carbocycles. The Balaban J connectivity index is 1.75. The SMILES string of the molecule is CCCCCNC(=S)N(C(=O)Cc1cncn1Cc1ccc(C#N)cc1)[C@@H](CC)CNCc1ccccc1C(F)(F)F. The van der Waals surface area contributed by atoms with Crippen molar-refractivity contribution in [2.45, 2.75) is 71.3 Å². The number of alkyl halides is 3. The number of nitrogens with one attached hydrogen (secondary N) is 2. The zero-order valence-electron chi connectivity index (χ0n) is 24.0. The number of nitrogens with zero attached hydrogens (tertiary/aromatic N) is 4. The molecule has 0 unspecified atom stereocenters. The third-order valence-corrected chi connectivity index (χ3v) is 7.31. The fourth-order valence-electron chi connectivity index (χ4n) is 4.64. The van der Waals surface area contributed by atoms with Crippen LogP contribution in [0.2, 0.25) is 0 Å². The van der Waals surface area contributed by atoms with Gasteiger partial charge in [-0.2, -0.15) is 18.4 Å². The molecule has 0 saturated heterocycles. The zero-order chi connectivity index (χ0) is 30.5. The Hall–Kier alpha value is -3.75. The fourth-order valence-corrected chi connectivity index (χ4v) is 4.99. The first kappa shape index (κ1) is 32.8. The second kappa shape index (κ2) is 16.0. The third-order valence-electron chi connectivity index (χ3n) is 6.97. The molecule has 2 N–H and O–H groups in total. The van der Waals surface area contributed by atoms with Gasteiger partial charge in [0, 0.05) is 38.1 Å². The first-order chi connectivity index (χ1) is 20.2. The minimum atomic E-state index is -4.45. The molecule has 3 rings (SSSR count). The number of imidazole rings is 1. The van der Waals surface area contributed by atoms with Crippen molar-refractivity contribution in [1.29, 1.82) is 5.26 Å². The van der Waals surface area contributed by atoms with E-state index in [2.05, 4.69) is 28.6 Å². The summed E-state index contributed by atoms with van der Waals surface area (Å²) in [5.74, 6) is -0.228. The van der Waals surface area contributed by atoms with E-state index in [-0.39, 0.29) is 37.0 Å². The van der Waals surface area contributed by atoms with Crippen molar-refractivity contribution in [3.8, 4) is 6.07 Å². The van der Waals surface area contributed by atoms with Gasteiger partial charge in [0.25, 0.3) is 0 Å². The number of benzene rings is 2. The number of carbonyl (C=O) groups is 1. The number of halogens is 3. The second-order valence-electron chi connectivity index (χ2n) is 10.0. The maximum atomic E-state index is 13.8. The van der Waals surface area contributed by atoms with E-state index in [9.17, 15) is 18.0 Å². The topological polar surface area (TPSA) is 86.0 Å². The highest BCUT2D eigenvalue weighted by Gasteiger charge is 2.33. The number of thiocarbonyl (C=S) groups is 1. The van der Waals surface area contributed by atoms with Crippen LogP contribution in [0.25, 0.3) is 0 Å². The lowest BCUT2D eigenvalue weighted by atomic mass is 10.1. The summed E-state index contributed by atoms with van der Waals surface area (Å²) in [6.45, 7) is 5.38. The highest BCUT2D eigenvalue weighted by Crippen LogP contribution is 2.31. The molecule has 0 bridgehead atoms. The van der Waals surface area contributed by atoms with Crippen molar-refractivity contribution in [2.75, 3.05) is 13.1 Å². The quantitative estimate of drug-likeness (QED) is 0.180. The van der Waals surface area contributed by atoms with Crippen LogP contribution in [-0.2, 0) is 30.5 Å². The highest BCUT2D eigenvalue weighted by molar-refractivity contribution is 7.80. The van der Waals surface area contributed by atoms with Gasteiger partial charge in [-0.1, -0.05) is 57.0 Å². The Morgan fingerprint density at radius 2 is 1.88 bits per heavy atom. The molecule has 0 aliphatic rings. The summed E-state index contributed by atoms with van der Waals surface area (Å²) in [5.41, 5.74) is 1.69. The molecule has 0 fully saturated rings. The molecule has 42 heavy (non-hydrogen) atoms. The highest BCUT2D eigenvalue weighted by atomic mass is 32.1. The summed E-state index contributed by atoms with van der Waals surface area (Å²) in [5, 5.41) is 15.7. The zero-order valence-corrected chi connectivity index (χ0v) is 24.8. The number of hydrogen-bond donors (Lipinski definition) is 2. The van der Waals surface area contributed by atoms with Gasteiger partial charge in [-0.25, -0.2) is 4.98 Å². The predicted molar refractivity (Wildman–Crippen MR) is 160 cm³/mol. The molecule has 0 saturated carbocycles. The van der Waals surface area contributed by atoms with Crippen LogP contribution in [0.15, 0.2) is 61.1 Å². The van der Waals surface area contributed by atoms with Gasteiger partial charge in [-0.05, 0) is 54.4 Å². The number of aromatic nitrogens is 2. The molecular weight excluding hydrogens is 561 g/mol. The van der Waals surface area contributed by atoms with Gasteiger partial charge in [0.1, 0.15) is 0 Å². The molecule has 3 aromatic rings. The number of carbonyl (C=O) groups excluding carboxylic acids is 1. The normalized spacial score (nSPS) is 12.0. The maximum absolute atomic E-state index is 13.8. The van der Waals surface area contributed by atoms with Crippen LogP contribution < -0.4 is 10.6 Å². The largest absolute Gasteiger partial charge is 0.416 e. The Kier molecular flexibility index (Phi) is 12.5. The van der Waals surface area contributed by atoms with E-state index in [4.69, 9.17) is 17.5 Å². The monoisotopic (exact) mass is 598 g/mol. The Morgan fingerprint density at radius 3 is 2.55 bits per heavy atom. The predicted octanol–water partition coefficient (Wildman–Crippen LogP) is 5.83. The maximum Gasteiger partial charge on any atom is 0.416 e. The van der Waals surface area contributed by atoms with Gasteiger partial charge in [0.2, 0.25) is 5.91 Å². The van der Waals surface area contributed by atoms with E-state index in [1.807, 2.05) is 23.6 Å². The standard InChI is InChI=1S/C31H37F3N6OS/c1-3-5-8-15-38-30(42)40(26(4-2)19-36-18-25-9-6-7-10-28(25)31(32,33)34)29(41)16-27-20-37-22-39(27)21-24-13-11-23(17-35)12-14-24/h6-7,9-14,20,22,26,36H,3-5,8,15-16,18-19,21H2,1-2H3,(H,38,42)/t26-/m0/s1. The lowest BCUT2D eigenvalue weighted by Crippen LogP contribution is -2.53. The summed E-state index contributed by atoms with van der Waals surface area (Å²) < 4.78 is 42.3. The number of nitriles is 1. The lowest BCUT2D eigenvalue weighted by molar-refractivity contribution is -0.138. The number of rotatable bonds is 14. The van der Waals surface area contributed by atoms with Crippen molar-refractivity contribution in [3.05, 3.63) is 89.0 Å². The summed E-state index contributed by atoms with van der Waals surface area (Å²) >= 11 is 5.68. The molecule has 0 aliphatic heterocycles. The van der Waals surface area contributed by atoms with E-state index >= 15 is 0 Å². The van der Waals surface area contributed by atoms with Crippen LogP contribution >= 0.6 is 12.2 Å². The van der Waals surface area contributed by atoms with Crippen molar-refractivity contribution in [2.24, 2.45) is 0 Å². The van der Waals surface area contributed by atoms with Gasteiger partial charge in [0.05, 0.1) is 36.0 Å². The molecule has 1 atom stereocenters. The Morgan fingerprint density at radius 1 is 1.14 bits per heavy atom. The van der Waals surface area contributed by atoms with Crippen LogP contribution in [0.5, 0.6) is 0 Å². The van der Waals surface area contributed by atoms with Gasteiger partial charge in [-0.15, -0.1) is 0 Å². The van der Waals surface area contributed by atoms with E-state index < -0.39 is 11.7 Å². The average Bonchev–Trinajstić information content (AvgIpc) is 3.40. The summed E-state index contributed by atoms with van der Waals surface area (Å²) in [6.07, 6.45) is 2.40. The molecule has 224 valence electrons. The van der Waals surface area contributed by atoms with Gasteiger partial charge >= 0.3 is 6.18 Å². The molecule has 0 spiro atoms. The van der Waals surface area contributed by atoms with E-state index in [1.165, 1.54) is 12.1 Å². The van der Waals surface area contributed by atoms with E-state index in [1.54, 1.807) is 35.6 Å². The molecule has 1 amide bonds. The van der Waals surface area contributed by atoms with Crippen molar-refractivity contribution < 1.29 is 18.0 Å². The first-order valence-corrected chi connectivity index (χ1v) is 14.5. The summed E-state index contributed by atoms with van der Waals surface area (Å²) in [4.78, 5) is 19.6. The molecule has 7 nitrogen and oxygen atoms in total. The van der Waals surface area contributed by atoms with Crippen LogP contribution in [0.4, 0.5) is 13.2 Å². The van der Waals surface area contributed by atoms with Gasteiger partial charge in [0.15, 0.2) is 5.11 Å². The summed E-state index contributed by atoms with van der Waals surface area (Å²) in [7, 11) is 0. The molecule has 1 heterocycles. The lowest BCUT2D eigenvalue weighted by Gasteiger charge is -2.32. The minimum absolute atomic E-state index is 0.00225. The van der Waals surface area contributed by atoms with Crippen molar-refractivity contribution in [3.63, 3.8) is 0 Å². The smallest absolute Gasteiger partial charge is 0.362 e. The molecule has 0 radical (unpaired) electrons. The third kappa shape index (κ3) is 9.39. The van der Waals surface area contributed by atoms with Crippen molar-refractivity contribution >= 4 is 23.2 Å². The molecule has 0 aliphatic carbocycles. The number of unbranched alkanes of at least 4 members (excludes halogenated alkanes) is 2. The van der Waals surface area contributed by atoms with Crippen LogP contribution in [0.1, 0.15) is 67.5 Å². The van der Waals surface area contributed by atoms with Gasteiger partial charge in [-0.3, -0.25) is 9.69 Å². The molecule has 1 aromatic heterocycles. The molecular formula is C31H37F3N6OS. The van der Waals surface area contributed by atoms with Crippen LogP contribution in [0, 0.1) is 11.3 Å². The number of hydrogen-bond acceptors (Lipinski definition) is 5. The van der Waals surface area contributed by atoms with Crippen molar-refractivity contribution in [1.82, 2.24) is 25.1 Å². The Labute approximate surface area is 250 Å². The van der Waals surface area contributed by atoms with Crippen LogP contribution in [0.3, 0.4) is 0 Å². The minimum Gasteiger partial charge on any atom is -0.362 e. The second-order valence-corrected chi connectivity index (χ2v) is 10.4. The fraction of sp³-hybridized carbons (Fsp3) is 0.419. The van der Waals surface area contributed by atoms with E-state index in [0.717, 1.165) is 30.9 Å². The van der Waals surface area contributed by atoms with E-state index in [0.29, 0.717) is 35.9 Å². The van der Waals surface area contributed by atoms with Gasteiger partial charge < -0.3 is 15.2 Å². The molecule has 11 heteroatoms. The summed E-state index contributed by atoms with van der Waals surface area (Å²) in [6, 6.07) is 14.4. The number of amides is 1. The Bertz CT molecular complexity index is 1350. The first-order valence-electron chi connectivity index (χ1n) is 14.1.